The van der Waals surface area contributed by atoms with Crippen LogP contribution in [0.2, 0.25) is 5.02 Å². The molecule has 0 saturated heterocycles. The maximum atomic E-state index is 13.0. The lowest BCUT2D eigenvalue weighted by atomic mass is 10.1. The van der Waals surface area contributed by atoms with Gasteiger partial charge in [0.25, 0.3) is 5.56 Å². The molecule has 2 aromatic carbocycles. The van der Waals surface area contributed by atoms with Crippen molar-refractivity contribution < 1.29 is 4.79 Å². The van der Waals surface area contributed by atoms with Crippen LogP contribution in [0.25, 0.3) is 20.7 Å². The summed E-state index contributed by atoms with van der Waals surface area (Å²) in [5, 5.41) is 3.32. The van der Waals surface area contributed by atoms with Crippen molar-refractivity contribution in [3.05, 3.63) is 87.4 Å². The van der Waals surface area contributed by atoms with E-state index in [0.717, 1.165) is 33.5 Å². The van der Waals surface area contributed by atoms with Crippen LogP contribution in [0.3, 0.4) is 0 Å². The average Bonchev–Trinajstić information content (AvgIpc) is 3.25. The van der Waals surface area contributed by atoms with Crippen LogP contribution in [0.5, 0.6) is 0 Å². The Labute approximate surface area is 201 Å². The molecule has 8 heteroatoms. The van der Waals surface area contributed by atoms with E-state index in [2.05, 4.69) is 34.6 Å². The number of amides is 1. The summed E-state index contributed by atoms with van der Waals surface area (Å²) in [5.74, 6) is -0.00355. The van der Waals surface area contributed by atoms with Crippen molar-refractivity contribution >= 4 is 39.1 Å². The number of nitrogens with zero attached hydrogens (tertiary/aromatic N) is 3. The van der Waals surface area contributed by atoms with E-state index in [9.17, 15) is 9.59 Å². The van der Waals surface area contributed by atoms with Crippen LogP contribution in [0.15, 0.2) is 65.7 Å². The normalized spacial score (nSPS) is 11.3. The van der Waals surface area contributed by atoms with Gasteiger partial charge in [0.05, 0.1) is 18.4 Å². The molecule has 1 amide bonds. The van der Waals surface area contributed by atoms with Gasteiger partial charge in [-0.2, -0.15) is 0 Å². The molecule has 0 aliphatic carbocycles. The third-order valence-electron chi connectivity index (χ3n) is 5.44. The van der Waals surface area contributed by atoms with Crippen molar-refractivity contribution in [2.24, 2.45) is 0 Å². The molecule has 2 aromatic heterocycles. The third-order valence-corrected chi connectivity index (χ3v) is 6.86. The third kappa shape index (κ3) is 5.68. The summed E-state index contributed by atoms with van der Waals surface area (Å²) in [6.45, 7) is 1.62. The maximum absolute atomic E-state index is 13.0. The molecule has 0 unspecified atom stereocenters. The van der Waals surface area contributed by atoms with E-state index in [1.807, 2.05) is 42.3 Å². The molecule has 0 fully saturated rings. The Kier molecular flexibility index (Phi) is 7.23. The predicted octanol–water partition coefficient (Wildman–Crippen LogP) is 4.20. The monoisotopic (exact) mass is 480 g/mol. The lowest BCUT2D eigenvalue weighted by Gasteiger charge is -2.15. The number of halogens is 1. The number of rotatable bonds is 8. The van der Waals surface area contributed by atoms with E-state index in [1.54, 1.807) is 17.9 Å². The van der Waals surface area contributed by atoms with Crippen molar-refractivity contribution in [3.63, 3.8) is 0 Å². The highest BCUT2D eigenvalue weighted by Gasteiger charge is 2.11. The number of likely N-dealkylation sites (N-methyl/N-ethyl adjacent to an activating group) is 2. The van der Waals surface area contributed by atoms with Crippen molar-refractivity contribution in [1.82, 2.24) is 19.8 Å². The Hall–Kier alpha value is -3.00. The van der Waals surface area contributed by atoms with Gasteiger partial charge < -0.3 is 5.32 Å². The van der Waals surface area contributed by atoms with Crippen LogP contribution in [-0.2, 0) is 24.3 Å². The fraction of sp³-hybridized carbons (Fsp3) is 0.240. The number of aryl methyl sites for hydroxylation is 2. The number of hydrogen-bond acceptors (Lipinski definition) is 5. The van der Waals surface area contributed by atoms with Gasteiger partial charge in [0.2, 0.25) is 5.91 Å². The number of benzene rings is 2. The van der Waals surface area contributed by atoms with Crippen molar-refractivity contribution in [2.75, 3.05) is 20.6 Å². The molecule has 2 heterocycles. The number of aromatic nitrogens is 2. The molecule has 0 bridgehead atoms. The summed E-state index contributed by atoms with van der Waals surface area (Å²) in [6.07, 6.45) is 2.36. The van der Waals surface area contributed by atoms with Gasteiger partial charge in [-0.1, -0.05) is 48.0 Å². The highest BCUT2D eigenvalue weighted by molar-refractivity contribution is 7.22. The molecule has 4 rings (SSSR count). The topological polar surface area (TPSA) is 67.2 Å². The Morgan fingerprint density at radius 3 is 2.52 bits per heavy atom. The van der Waals surface area contributed by atoms with Gasteiger partial charge in [-0.15, -0.1) is 11.3 Å². The van der Waals surface area contributed by atoms with Gasteiger partial charge >= 0.3 is 0 Å². The molecule has 0 saturated carbocycles. The largest absolute Gasteiger partial charge is 0.358 e. The number of hydrogen-bond donors (Lipinski definition) is 1. The number of thiophene rings is 1. The molecule has 0 aliphatic heterocycles. The Morgan fingerprint density at radius 1 is 1.12 bits per heavy atom. The van der Waals surface area contributed by atoms with Crippen LogP contribution in [0.1, 0.15) is 11.1 Å². The molecule has 33 heavy (non-hydrogen) atoms. The Balaban J connectivity index is 1.43. The van der Waals surface area contributed by atoms with E-state index in [1.165, 1.54) is 11.3 Å². The van der Waals surface area contributed by atoms with Gasteiger partial charge in [0, 0.05) is 30.0 Å². The standard InChI is InChI=1S/C25H25ClN4O2S/c1-27-23(31)15-29(2)14-18-5-3-17(4-6-18)11-12-30-16-28-21-13-22(33-24(21)25(30)32)19-7-9-20(26)10-8-19/h3-10,13,16H,11-12,14-15H2,1-2H3,(H,27,31). The molecule has 0 radical (unpaired) electrons. The second kappa shape index (κ2) is 10.3. The minimum atomic E-state index is -0.0161. The van der Waals surface area contributed by atoms with Gasteiger partial charge in [-0.05, 0) is 48.4 Å². The first kappa shape index (κ1) is 23.2. The van der Waals surface area contributed by atoms with Gasteiger partial charge in [0.15, 0.2) is 0 Å². The highest BCUT2D eigenvalue weighted by atomic mass is 35.5. The second-order valence-electron chi connectivity index (χ2n) is 7.99. The number of carbonyl (C=O) groups is 1. The van der Waals surface area contributed by atoms with Gasteiger partial charge in [-0.3, -0.25) is 19.1 Å². The average molecular weight is 481 g/mol. The van der Waals surface area contributed by atoms with Crippen molar-refractivity contribution in [3.8, 4) is 10.4 Å². The van der Waals surface area contributed by atoms with Crippen molar-refractivity contribution in [1.29, 1.82) is 0 Å². The first-order valence-corrected chi connectivity index (χ1v) is 11.8. The van der Waals surface area contributed by atoms with Crippen LogP contribution >= 0.6 is 22.9 Å². The summed E-state index contributed by atoms with van der Waals surface area (Å²) < 4.78 is 2.34. The van der Waals surface area contributed by atoms with E-state index in [0.29, 0.717) is 29.4 Å². The van der Waals surface area contributed by atoms with E-state index in [4.69, 9.17) is 11.6 Å². The summed E-state index contributed by atoms with van der Waals surface area (Å²) in [5.41, 5.74) is 4.01. The lowest BCUT2D eigenvalue weighted by molar-refractivity contribution is -0.121. The Bertz CT molecular complexity index is 1310. The highest BCUT2D eigenvalue weighted by Crippen LogP contribution is 2.31. The smallest absolute Gasteiger partial charge is 0.271 e. The zero-order valence-corrected chi connectivity index (χ0v) is 20.1. The summed E-state index contributed by atoms with van der Waals surface area (Å²) in [7, 11) is 3.56. The van der Waals surface area contributed by atoms with Gasteiger partial charge in [0.1, 0.15) is 4.70 Å². The molecule has 0 atom stereocenters. The molecular weight excluding hydrogens is 456 g/mol. The minimum absolute atomic E-state index is 0.00355. The second-order valence-corrected chi connectivity index (χ2v) is 9.48. The predicted molar refractivity (Wildman–Crippen MR) is 135 cm³/mol. The molecule has 1 N–H and O–H groups in total. The van der Waals surface area contributed by atoms with Crippen molar-refractivity contribution in [2.45, 2.75) is 19.5 Å². The summed E-state index contributed by atoms with van der Waals surface area (Å²) >= 11 is 7.44. The number of fused-ring (bicyclic) bond motifs is 1. The number of nitrogens with one attached hydrogen (secondary N) is 1. The fourth-order valence-electron chi connectivity index (χ4n) is 3.61. The summed E-state index contributed by atoms with van der Waals surface area (Å²) in [6, 6.07) is 17.8. The summed E-state index contributed by atoms with van der Waals surface area (Å²) in [4.78, 5) is 32.0. The zero-order chi connectivity index (χ0) is 23.4. The Morgan fingerprint density at radius 2 is 1.82 bits per heavy atom. The quantitative estimate of drug-likeness (QED) is 0.410. The fourth-order valence-corrected chi connectivity index (χ4v) is 4.80. The molecule has 6 nitrogen and oxygen atoms in total. The van der Waals surface area contributed by atoms with E-state index in [-0.39, 0.29) is 11.5 Å². The molecule has 4 aromatic rings. The van der Waals surface area contributed by atoms with E-state index >= 15 is 0 Å². The zero-order valence-electron chi connectivity index (χ0n) is 18.5. The number of carbonyl (C=O) groups excluding carboxylic acids is 1. The van der Waals surface area contributed by atoms with Crippen LogP contribution < -0.4 is 10.9 Å². The van der Waals surface area contributed by atoms with Crippen LogP contribution in [-0.4, -0.2) is 41.0 Å². The maximum Gasteiger partial charge on any atom is 0.271 e. The van der Waals surface area contributed by atoms with E-state index < -0.39 is 0 Å². The first-order chi connectivity index (χ1) is 15.9. The van der Waals surface area contributed by atoms with Gasteiger partial charge in [-0.25, -0.2) is 4.98 Å². The molecule has 170 valence electrons. The molecular formula is C25H25ClN4O2S. The SMILES string of the molecule is CNC(=O)CN(C)Cc1ccc(CCn2cnc3cc(-c4ccc(Cl)cc4)sc3c2=O)cc1. The first-order valence-electron chi connectivity index (χ1n) is 10.6. The molecule has 0 spiro atoms. The van der Waals surface area contributed by atoms with Crippen LogP contribution in [0, 0.1) is 0 Å². The minimum Gasteiger partial charge on any atom is -0.358 e. The molecule has 0 aliphatic rings. The lowest BCUT2D eigenvalue weighted by Crippen LogP contribution is -2.32. The van der Waals surface area contributed by atoms with Crippen LogP contribution in [0.4, 0.5) is 0 Å².